The highest BCUT2D eigenvalue weighted by molar-refractivity contribution is 5.81. The number of rotatable bonds is 7. The van der Waals surface area contributed by atoms with E-state index in [1.807, 2.05) is 112 Å². The Hall–Kier alpha value is -5.35. The minimum Gasteiger partial charge on any atom is -0.482 e. The van der Waals surface area contributed by atoms with E-state index in [-0.39, 0.29) is 0 Å². The molecule has 0 heterocycles. The van der Waals surface area contributed by atoms with Crippen LogP contribution in [0.4, 0.5) is 17.1 Å². The first-order valence-corrected chi connectivity index (χ1v) is 16.8. The SMILES string of the molecule is CC.CC1=CC=C(C=O)C2(Oc3cccc(N(C)c4ccccc4)c3)CC12.CN(C1=CCC=CC=C1)c1ccccc1.c1ccccc1. The van der Waals surface area contributed by atoms with Crippen molar-refractivity contribution in [2.75, 3.05) is 23.9 Å². The van der Waals surface area contributed by atoms with Crippen molar-refractivity contribution in [2.45, 2.75) is 39.2 Å². The number of benzene rings is 4. The quantitative estimate of drug-likeness (QED) is 0.189. The molecule has 4 aromatic rings. The Kier molecular flexibility index (Phi) is 13.4. The molecule has 1 fully saturated rings. The van der Waals surface area contributed by atoms with Crippen molar-refractivity contribution in [1.82, 2.24) is 0 Å². The topological polar surface area (TPSA) is 32.8 Å². The Morgan fingerprint density at radius 2 is 1.27 bits per heavy atom. The predicted octanol–water partition coefficient (Wildman–Crippen LogP) is 10.9. The summed E-state index contributed by atoms with van der Waals surface area (Å²) in [4.78, 5) is 15.8. The minimum atomic E-state index is -0.468. The van der Waals surface area contributed by atoms with Gasteiger partial charge in [-0.3, -0.25) is 4.79 Å². The predicted molar refractivity (Wildman–Crippen MR) is 204 cm³/mol. The Labute approximate surface area is 287 Å². The third kappa shape index (κ3) is 9.36. The summed E-state index contributed by atoms with van der Waals surface area (Å²) in [6.07, 6.45) is 17.4. The first kappa shape index (κ1) is 35.5. The summed E-state index contributed by atoms with van der Waals surface area (Å²) < 4.78 is 6.35. The molecular formula is C44H48N2O2. The number of aldehydes is 1. The van der Waals surface area contributed by atoms with Crippen molar-refractivity contribution in [2.24, 2.45) is 5.92 Å². The number of anilines is 3. The van der Waals surface area contributed by atoms with Crippen LogP contribution in [0.2, 0.25) is 0 Å². The molecule has 0 N–H and O–H groups in total. The van der Waals surface area contributed by atoms with E-state index in [1.54, 1.807) is 0 Å². The van der Waals surface area contributed by atoms with E-state index in [2.05, 4.69) is 96.6 Å². The van der Waals surface area contributed by atoms with Crippen LogP contribution in [0.15, 0.2) is 181 Å². The highest BCUT2D eigenvalue weighted by Crippen LogP contribution is 2.57. The zero-order chi connectivity index (χ0) is 34.2. The normalized spacial score (nSPS) is 18.1. The van der Waals surface area contributed by atoms with Crippen LogP contribution in [0.3, 0.4) is 0 Å². The average molecular weight is 637 g/mol. The molecule has 4 aromatic carbocycles. The number of allylic oxidation sites excluding steroid dienone is 7. The van der Waals surface area contributed by atoms with Gasteiger partial charge in [0.25, 0.3) is 0 Å². The van der Waals surface area contributed by atoms with Gasteiger partial charge in [0.15, 0.2) is 0 Å². The van der Waals surface area contributed by atoms with E-state index in [9.17, 15) is 4.79 Å². The molecule has 0 aliphatic heterocycles. The number of likely N-dealkylation sites (N-methyl/N-ethyl adjacent to an activating group) is 1. The van der Waals surface area contributed by atoms with Crippen LogP contribution < -0.4 is 14.5 Å². The van der Waals surface area contributed by atoms with E-state index in [1.165, 1.54) is 17.0 Å². The fourth-order valence-corrected chi connectivity index (χ4v) is 5.65. The van der Waals surface area contributed by atoms with Crippen LogP contribution in [0, 0.1) is 5.92 Å². The van der Waals surface area contributed by atoms with Gasteiger partial charge in [-0.15, -0.1) is 0 Å². The fraction of sp³-hybridized carbons (Fsp3) is 0.205. The van der Waals surface area contributed by atoms with Gasteiger partial charge in [0.2, 0.25) is 0 Å². The molecule has 1 saturated carbocycles. The van der Waals surface area contributed by atoms with Gasteiger partial charge < -0.3 is 14.5 Å². The van der Waals surface area contributed by atoms with E-state index in [0.717, 1.165) is 41.8 Å². The van der Waals surface area contributed by atoms with Gasteiger partial charge in [-0.2, -0.15) is 0 Å². The highest BCUT2D eigenvalue weighted by atomic mass is 16.5. The monoisotopic (exact) mass is 636 g/mol. The Bertz CT molecular complexity index is 1700. The highest BCUT2D eigenvalue weighted by Gasteiger charge is 2.61. The lowest BCUT2D eigenvalue weighted by Crippen LogP contribution is -2.27. The second-order valence-corrected chi connectivity index (χ2v) is 11.5. The molecule has 2 atom stereocenters. The Morgan fingerprint density at radius 1 is 0.708 bits per heavy atom. The average Bonchev–Trinajstić information content (AvgIpc) is 3.96. The van der Waals surface area contributed by atoms with Gasteiger partial charge in [0.1, 0.15) is 17.6 Å². The summed E-state index contributed by atoms with van der Waals surface area (Å²) in [5.74, 6) is 1.11. The molecule has 3 aliphatic carbocycles. The zero-order valence-electron chi connectivity index (χ0n) is 28.9. The van der Waals surface area contributed by atoms with Crippen molar-refractivity contribution in [1.29, 1.82) is 0 Å². The third-order valence-corrected chi connectivity index (χ3v) is 8.42. The molecular weight excluding hydrogens is 588 g/mol. The summed E-state index contributed by atoms with van der Waals surface area (Å²) in [6, 6.07) is 40.7. The van der Waals surface area contributed by atoms with Gasteiger partial charge in [-0.1, -0.05) is 135 Å². The first-order chi connectivity index (χ1) is 23.5. The minimum absolute atomic E-state index is 0.313. The second-order valence-electron chi connectivity index (χ2n) is 11.5. The van der Waals surface area contributed by atoms with Crippen molar-refractivity contribution in [3.05, 3.63) is 181 Å². The molecule has 2 unspecified atom stereocenters. The summed E-state index contributed by atoms with van der Waals surface area (Å²) >= 11 is 0. The number of carbonyl (C=O) groups excluding carboxylic acids is 1. The zero-order valence-corrected chi connectivity index (χ0v) is 28.9. The van der Waals surface area contributed by atoms with Gasteiger partial charge in [0.05, 0.1) is 0 Å². The van der Waals surface area contributed by atoms with E-state index in [4.69, 9.17) is 4.74 Å². The van der Waals surface area contributed by atoms with Crippen molar-refractivity contribution in [3.8, 4) is 5.75 Å². The fourth-order valence-electron chi connectivity index (χ4n) is 5.65. The number of para-hydroxylation sites is 2. The first-order valence-electron chi connectivity index (χ1n) is 16.8. The van der Waals surface area contributed by atoms with Gasteiger partial charge in [-0.05, 0) is 55.8 Å². The van der Waals surface area contributed by atoms with E-state index >= 15 is 0 Å². The lowest BCUT2D eigenvalue weighted by Gasteiger charge is -2.24. The summed E-state index contributed by atoms with van der Waals surface area (Å²) in [5, 5.41) is 0. The smallest absolute Gasteiger partial charge is 0.150 e. The van der Waals surface area contributed by atoms with Crippen LogP contribution in [0.1, 0.15) is 33.6 Å². The molecule has 246 valence electrons. The number of fused-ring (bicyclic) bond motifs is 1. The van der Waals surface area contributed by atoms with Crippen LogP contribution in [-0.4, -0.2) is 26.0 Å². The number of ether oxygens (including phenoxy) is 1. The summed E-state index contributed by atoms with van der Waals surface area (Å²) in [5.41, 5.74) is 6.18. The van der Waals surface area contributed by atoms with Gasteiger partial charge in [-0.25, -0.2) is 0 Å². The molecule has 0 spiro atoms. The number of hydrogen-bond acceptors (Lipinski definition) is 4. The van der Waals surface area contributed by atoms with Crippen LogP contribution in [-0.2, 0) is 4.79 Å². The largest absolute Gasteiger partial charge is 0.482 e. The van der Waals surface area contributed by atoms with Gasteiger partial charge in [0, 0.05) is 60.8 Å². The van der Waals surface area contributed by atoms with Crippen molar-refractivity contribution >= 4 is 23.3 Å². The standard InChI is InChI=1S/C22H21NO2.C14H15N.C6H6.C2H6/c1-16-11-12-17(15-24)22(14-21(16)22)25-20-10-6-9-19(13-20)23(2)18-7-4-3-5-8-18;1-15(14-11-7-4-8-12-14)13-9-5-2-3-6-10-13;1-2-4-6-5-3-1;1-2/h3-13,15,21H,14H2,1-2H3;2-5,7-12H,6H2,1H3;1-6H;1-2H3. The number of carbonyl (C=O) groups is 1. The third-order valence-electron chi connectivity index (χ3n) is 8.42. The van der Waals surface area contributed by atoms with Gasteiger partial charge >= 0.3 is 0 Å². The molecule has 48 heavy (non-hydrogen) atoms. The molecule has 0 aromatic heterocycles. The second kappa shape index (κ2) is 18.1. The molecule has 4 heteroatoms. The molecule has 3 aliphatic rings. The van der Waals surface area contributed by atoms with Crippen molar-refractivity contribution in [3.63, 3.8) is 0 Å². The van der Waals surface area contributed by atoms with Crippen LogP contribution >= 0.6 is 0 Å². The van der Waals surface area contributed by atoms with Crippen LogP contribution in [0.5, 0.6) is 5.75 Å². The Morgan fingerprint density at radius 3 is 1.88 bits per heavy atom. The van der Waals surface area contributed by atoms with Crippen molar-refractivity contribution < 1.29 is 9.53 Å². The summed E-state index contributed by atoms with van der Waals surface area (Å²) in [7, 11) is 4.13. The molecule has 0 bridgehead atoms. The maximum absolute atomic E-state index is 11.5. The maximum atomic E-state index is 11.5. The maximum Gasteiger partial charge on any atom is 0.150 e. The summed E-state index contributed by atoms with van der Waals surface area (Å²) in [6.45, 7) is 6.10. The van der Waals surface area contributed by atoms with E-state index < -0.39 is 5.60 Å². The van der Waals surface area contributed by atoms with E-state index in [0.29, 0.717) is 5.92 Å². The molecule has 7 rings (SSSR count). The molecule has 0 radical (unpaired) electrons. The number of nitrogens with zero attached hydrogens (tertiary/aromatic N) is 2. The molecule has 0 amide bonds. The molecule has 0 saturated heterocycles. The Balaban J connectivity index is 0.000000190. The molecule has 4 nitrogen and oxygen atoms in total. The lowest BCUT2D eigenvalue weighted by atomic mass is 9.97. The lowest BCUT2D eigenvalue weighted by molar-refractivity contribution is -0.105. The number of hydrogen-bond donors (Lipinski definition) is 0. The van der Waals surface area contributed by atoms with Crippen LogP contribution in [0.25, 0.3) is 0 Å².